The molecule has 0 unspecified atom stereocenters. The molecule has 0 radical (unpaired) electrons. The summed E-state index contributed by atoms with van der Waals surface area (Å²) in [6, 6.07) is 31.2. The number of aromatic nitrogens is 3. The van der Waals surface area contributed by atoms with E-state index in [1.807, 2.05) is 37.3 Å². The van der Waals surface area contributed by atoms with Crippen molar-refractivity contribution in [1.82, 2.24) is 20.5 Å². The number of benzene rings is 3. The molecule has 0 saturated heterocycles. The predicted octanol–water partition coefficient (Wildman–Crippen LogP) is 4.92. The van der Waals surface area contributed by atoms with Crippen molar-refractivity contribution in [2.75, 3.05) is 6.54 Å². The highest BCUT2D eigenvalue weighted by Crippen LogP contribution is 2.24. The Hall–Kier alpha value is -3.50. The van der Waals surface area contributed by atoms with Gasteiger partial charge in [-0.1, -0.05) is 97.1 Å². The largest absolute Gasteiger partial charge is 0.300 e. The van der Waals surface area contributed by atoms with Crippen molar-refractivity contribution in [2.24, 2.45) is 0 Å². The van der Waals surface area contributed by atoms with Crippen LogP contribution in [0.4, 0.5) is 0 Å². The Morgan fingerprint density at radius 1 is 0.862 bits per heavy atom. The summed E-state index contributed by atoms with van der Waals surface area (Å²) < 4.78 is 0. The van der Waals surface area contributed by atoms with Gasteiger partial charge in [-0.05, 0) is 29.2 Å². The maximum Gasteiger partial charge on any atom is 0.172 e. The smallest absolute Gasteiger partial charge is 0.172 e. The summed E-state index contributed by atoms with van der Waals surface area (Å²) in [5.41, 5.74) is 4.74. The lowest BCUT2D eigenvalue weighted by Crippen LogP contribution is -2.24. The average Bonchev–Trinajstić information content (AvgIpc) is 3.21. The van der Waals surface area contributed by atoms with Crippen molar-refractivity contribution >= 4 is 5.57 Å². The molecule has 0 spiro atoms. The SMILES string of the molecule is Cc1nc([C@H](NCC=C(c2ccccc2)c2ccccc2)c2ccccc2)n[nH]1. The van der Waals surface area contributed by atoms with Gasteiger partial charge >= 0.3 is 0 Å². The second-order valence-electron chi connectivity index (χ2n) is 6.88. The third-order valence-corrected chi connectivity index (χ3v) is 4.80. The molecule has 1 heterocycles. The number of hydrogen-bond donors (Lipinski definition) is 2. The van der Waals surface area contributed by atoms with Crippen LogP contribution in [0.3, 0.4) is 0 Å². The Kier molecular flexibility index (Phi) is 5.93. The molecule has 29 heavy (non-hydrogen) atoms. The summed E-state index contributed by atoms with van der Waals surface area (Å²) in [5, 5.41) is 11.0. The van der Waals surface area contributed by atoms with E-state index in [0.29, 0.717) is 6.54 Å². The molecule has 2 N–H and O–H groups in total. The molecule has 0 aliphatic carbocycles. The Morgan fingerprint density at radius 3 is 1.93 bits per heavy atom. The number of aromatic amines is 1. The molecular formula is C25H24N4. The number of nitrogens with zero attached hydrogens (tertiary/aromatic N) is 2. The summed E-state index contributed by atoms with van der Waals surface area (Å²) in [4.78, 5) is 4.55. The number of aryl methyl sites for hydroxylation is 1. The van der Waals surface area contributed by atoms with Gasteiger partial charge in [-0.2, -0.15) is 5.10 Å². The lowest BCUT2D eigenvalue weighted by Gasteiger charge is -2.16. The first kappa shape index (κ1) is 18.8. The van der Waals surface area contributed by atoms with E-state index in [4.69, 9.17) is 0 Å². The first-order valence-corrected chi connectivity index (χ1v) is 9.79. The minimum absolute atomic E-state index is 0.0785. The van der Waals surface area contributed by atoms with E-state index < -0.39 is 0 Å². The first-order valence-electron chi connectivity index (χ1n) is 9.79. The molecule has 144 valence electrons. The number of nitrogens with one attached hydrogen (secondary N) is 2. The van der Waals surface area contributed by atoms with Crippen molar-refractivity contribution in [2.45, 2.75) is 13.0 Å². The van der Waals surface area contributed by atoms with Gasteiger partial charge in [-0.3, -0.25) is 5.10 Å². The highest BCUT2D eigenvalue weighted by Gasteiger charge is 2.17. The molecule has 0 saturated carbocycles. The quantitative estimate of drug-likeness (QED) is 0.478. The Balaban J connectivity index is 1.62. The molecule has 4 nitrogen and oxygen atoms in total. The van der Waals surface area contributed by atoms with Crippen LogP contribution < -0.4 is 5.32 Å². The highest BCUT2D eigenvalue weighted by atomic mass is 15.2. The number of hydrogen-bond acceptors (Lipinski definition) is 3. The lowest BCUT2D eigenvalue weighted by molar-refractivity contribution is 0.618. The van der Waals surface area contributed by atoms with Crippen molar-refractivity contribution in [3.8, 4) is 0 Å². The summed E-state index contributed by atoms with van der Waals surface area (Å²) >= 11 is 0. The minimum atomic E-state index is -0.0785. The van der Waals surface area contributed by atoms with Crippen molar-refractivity contribution in [3.63, 3.8) is 0 Å². The zero-order chi connectivity index (χ0) is 19.9. The third kappa shape index (κ3) is 4.68. The predicted molar refractivity (Wildman–Crippen MR) is 117 cm³/mol. The van der Waals surface area contributed by atoms with Crippen LogP contribution in [0.25, 0.3) is 5.57 Å². The van der Waals surface area contributed by atoms with E-state index in [1.54, 1.807) is 0 Å². The van der Waals surface area contributed by atoms with Gasteiger partial charge < -0.3 is 5.32 Å². The van der Waals surface area contributed by atoms with Gasteiger partial charge in [0.25, 0.3) is 0 Å². The Morgan fingerprint density at radius 2 is 1.41 bits per heavy atom. The van der Waals surface area contributed by atoms with Crippen LogP contribution in [0, 0.1) is 6.92 Å². The van der Waals surface area contributed by atoms with Crippen LogP contribution in [0.15, 0.2) is 97.1 Å². The lowest BCUT2D eigenvalue weighted by atomic mass is 9.97. The molecule has 4 heteroatoms. The molecule has 3 aromatic carbocycles. The summed E-state index contributed by atoms with van der Waals surface area (Å²) in [6.45, 7) is 2.60. The number of rotatable bonds is 7. The van der Waals surface area contributed by atoms with Crippen LogP contribution in [0.2, 0.25) is 0 Å². The van der Waals surface area contributed by atoms with Gasteiger partial charge in [0.05, 0.1) is 6.04 Å². The van der Waals surface area contributed by atoms with E-state index in [-0.39, 0.29) is 6.04 Å². The normalized spacial score (nSPS) is 11.8. The van der Waals surface area contributed by atoms with Gasteiger partial charge in [0, 0.05) is 6.54 Å². The van der Waals surface area contributed by atoms with Crippen LogP contribution in [-0.2, 0) is 0 Å². The molecule has 0 bridgehead atoms. The molecule has 0 fully saturated rings. The maximum atomic E-state index is 4.55. The molecule has 4 rings (SSSR count). The van der Waals surface area contributed by atoms with Gasteiger partial charge in [0.2, 0.25) is 0 Å². The van der Waals surface area contributed by atoms with Crippen LogP contribution in [0.5, 0.6) is 0 Å². The molecule has 1 aromatic heterocycles. The fraction of sp³-hybridized carbons (Fsp3) is 0.120. The van der Waals surface area contributed by atoms with E-state index in [1.165, 1.54) is 16.7 Å². The zero-order valence-corrected chi connectivity index (χ0v) is 16.4. The standard InChI is InChI=1S/C25H24N4/c1-19-27-25(29-28-19)24(22-15-9-4-10-16-22)26-18-17-23(20-11-5-2-6-12-20)21-13-7-3-8-14-21/h2-17,24,26H,18H2,1H3,(H,27,28,29)/t24-/m1/s1. The summed E-state index contributed by atoms with van der Waals surface area (Å²) in [6.07, 6.45) is 2.24. The van der Waals surface area contributed by atoms with Crippen molar-refractivity contribution in [1.29, 1.82) is 0 Å². The van der Waals surface area contributed by atoms with Crippen molar-refractivity contribution in [3.05, 3.63) is 125 Å². The monoisotopic (exact) mass is 380 g/mol. The molecule has 1 atom stereocenters. The van der Waals surface area contributed by atoms with Gasteiger partial charge in [0.15, 0.2) is 5.82 Å². The third-order valence-electron chi connectivity index (χ3n) is 4.80. The minimum Gasteiger partial charge on any atom is -0.300 e. The molecular weight excluding hydrogens is 356 g/mol. The fourth-order valence-corrected chi connectivity index (χ4v) is 3.41. The van der Waals surface area contributed by atoms with Gasteiger partial charge in [0.1, 0.15) is 5.82 Å². The topological polar surface area (TPSA) is 53.6 Å². The van der Waals surface area contributed by atoms with Gasteiger partial charge in [-0.15, -0.1) is 0 Å². The second-order valence-corrected chi connectivity index (χ2v) is 6.88. The van der Waals surface area contributed by atoms with Crippen LogP contribution in [-0.4, -0.2) is 21.7 Å². The van der Waals surface area contributed by atoms with E-state index in [0.717, 1.165) is 17.2 Å². The molecule has 0 aliphatic rings. The molecule has 4 aromatic rings. The molecule has 0 amide bonds. The zero-order valence-electron chi connectivity index (χ0n) is 16.4. The first-order chi connectivity index (χ1) is 14.3. The Labute approximate surface area is 171 Å². The van der Waals surface area contributed by atoms with E-state index in [2.05, 4.69) is 87.2 Å². The summed E-state index contributed by atoms with van der Waals surface area (Å²) in [7, 11) is 0. The van der Waals surface area contributed by atoms with Gasteiger partial charge in [-0.25, -0.2) is 4.98 Å². The van der Waals surface area contributed by atoms with E-state index >= 15 is 0 Å². The fourth-order valence-electron chi connectivity index (χ4n) is 3.41. The van der Waals surface area contributed by atoms with Crippen LogP contribution in [0.1, 0.15) is 34.4 Å². The van der Waals surface area contributed by atoms with Crippen molar-refractivity contribution < 1.29 is 0 Å². The van der Waals surface area contributed by atoms with E-state index in [9.17, 15) is 0 Å². The maximum absolute atomic E-state index is 4.55. The highest BCUT2D eigenvalue weighted by molar-refractivity contribution is 5.79. The second kappa shape index (κ2) is 9.13. The molecule has 0 aliphatic heterocycles. The number of H-pyrrole nitrogens is 1. The average molecular weight is 380 g/mol. The Bertz CT molecular complexity index is 1010. The summed E-state index contributed by atoms with van der Waals surface area (Å²) in [5.74, 6) is 1.57. The van der Waals surface area contributed by atoms with Crippen LogP contribution >= 0.6 is 0 Å².